The summed E-state index contributed by atoms with van der Waals surface area (Å²) in [4.78, 5) is 25.6. The van der Waals surface area contributed by atoms with Gasteiger partial charge in [0.2, 0.25) is 0 Å². The van der Waals surface area contributed by atoms with Gasteiger partial charge in [0.1, 0.15) is 6.61 Å². The van der Waals surface area contributed by atoms with Crippen LogP contribution < -0.4 is 0 Å². The van der Waals surface area contributed by atoms with Crippen molar-refractivity contribution in [1.29, 1.82) is 0 Å². The van der Waals surface area contributed by atoms with E-state index in [2.05, 4.69) is 81.5 Å². The standard InChI is InChI=1S/C65H118O5/c1-4-7-10-13-16-19-22-25-28-30-32-34-36-39-42-45-48-51-54-57-60-68-61-63(70-65(67)59-56-53-50-47-44-41-37-27-24-21-18-15-12-9-6-3)62-69-64(66)58-55-52-49-46-43-40-38-35-33-31-29-26-23-20-17-14-11-8-5-2/h9,12,16,18-19,21,25,27-28,37,63H,4-8,10-11,13-15,17,20,22-24,26,29-36,38-62H2,1-3H3/b12-9-,19-16-,21-18-,28-25-,37-27-. The van der Waals surface area contributed by atoms with Crippen LogP contribution in [0.25, 0.3) is 0 Å². The molecule has 0 saturated heterocycles. The molecule has 0 heterocycles. The Morgan fingerprint density at radius 1 is 0.329 bits per heavy atom. The van der Waals surface area contributed by atoms with Crippen LogP contribution in [0.3, 0.4) is 0 Å². The summed E-state index contributed by atoms with van der Waals surface area (Å²) in [5, 5.41) is 0. The monoisotopic (exact) mass is 979 g/mol. The van der Waals surface area contributed by atoms with E-state index in [0.717, 1.165) is 77.0 Å². The molecule has 0 aromatic rings. The Morgan fingerprint density at radius 3 is 1.06 bits per heavy atom. The number of hydrogen-bond donors (Lipinski definition) is 0. The largest absolute Gasteiger partial charge is 0.462 e. The molecule has 5 nitrogen and oxygen atoms in total. The number of esters is 2. The zero-order valence-electron chi connectivity index (χ0n) is 47.0. The van der Waals surface area contributed by atoms with Gasteiger partial charge in [0, 0.05) is 19.4 Å². The van der Waals surface area contributed by atoms with Crippen molar-refractivity contribution >= 4 is 11.9 Å². The lowest BCUT2D eigenvalue weighted by Crippen LogP contribution is -2.30. The van der Waals surface area contributed by atoms with Gasteiger partial charge in [0.25, 0.3) is 0 Å². The van der Waals surface area contributed by atoms with E-state index in [1.807, 2.05) is 0 Å². The molecule has 0 aromatic heterocycles. The fourth-order valence-corrected chi connectivity index (χ4v) is 8.97. The number of rotatable bonds is 57. The lowest BCUT2D eigenvalue weighted by Gasteiger charge is -2.18. The normalized spacial score (nSPS) is 12.6. The maximum Gasteiger partial charge on any atom is 0.306 e. The molecule has 70 heavy (non-hydrogen) atoms. The van der Waals surface area contributed by atoms with Gasteiger partial charge in [-0.05, 0) is 83.5 Å². The first-order valence-electron chi connectivity index (χ1n) is 30.8. The Hall–Kier alpha value is -2.40. The quantitative estimate of drug-likeness (QED) is 0.0345. The molecule has 5 heteroatoms. The minimum atomic E-state index is -0.547. The SMILES string of the molecule is CC/C=C\C/C=C\C/C=C\CCCCCCCC(=O)OC(COCCCCCCCCCCCC/C=C\C/C=C\CCCCC)COC(=O)CCCCCCCCCCCCCCCCCCCCC. The second-order valence-electron chi connectivity index (χ2n) is 20.6. The number of carbonyl (C=O) groups is 2. The van der Waals surface area contributed by atoms with Gasteiger partial charge in [0.15, 0.2) is 6.10 Å². The fraction of sp³-hybridized carbons (Fsp3) is 0.815. The third-order valence-corrected chi connectivity index (χ3v) is 13.5. The van der Waals surface area contributed by atoms with Crippen LogP contribution in [-0.4, -0.2) is 37.9 Å². The fourth-order valence-electron chi connectivity index (χ4n) is 8.97. The highest BCUT2D eigenvalue weighted by Crippen LogP contribution is 2.17. The highest BCUT2D eigenvalue weighted by atomic mass is 16.6. The van der Waals surface area contributed by atoms with Crippen molar-refractivity contribution in [3.63, 3.8) is 0 Å². The van der Waals surface area contributed by atoms with Gasteiger partial charge in [-0.15, -0.1) is 0 Å². The summed E-state index contributed by atoms with van der Waals surface area (Å²) in [6.07, 6.45) is 78.3. The maximum atomic E-state index is 12.9. The van der Waals surface area contributed by atoms with E-state index in [4.69, 9.17) is 14.2 Å². The van der Waals surface area contributed by atoms with Gasteiger partial charge in [0.05, 0.1) is 6.61 Å². The first-order valence-corrected chi connectivity index (χ1v) is 30.8. The summed E-state index contributed by atoms with van der Waals surface area (Å²) in [5.74, 6) is -0.402. The topological polar surface area (TPSA) is 61.8 Å². The van der Waals surface area contributed by atoms with Gasteiger partial charge in [-0.1, -0.05) is 281 Å². The summed E-state index contributed by atoms with van der Waals surface area (Å²) < 4.78 is 17.5. The molecule has 0 aliphatic heterocycles. The third kappa shape index (κ3) is 58.2. The summed E-state index contributed by atoms with van der Waals surface area (Å²) in [6.45, 7) is 7.72. The highest BCUT2D eigenvalue weighted by molar-refractivity contribution is 5.70. The van der Waals surface area contributed by atoms with E-state index < -0.39 is 6.10 Å². The van der Waals surface area contributed by atoms with E-state index in [9.17, 15) is 9.59 Å². The average Bonchev–Trinajstić information content (AvgIpc) is 3.36. The van der Waals surface area contributed by atoms with Crippen molar-refractivity contribution in [2.45, 2.75) is 322 Å². The predicted octanol–water partition coefficient (Wildman–Crippen LogP) is 21.2. The minimum Gasteiger partial charge on any atom is -0.462 e. The lowest BCUT2D eigenvalue weighted by atomic mass is 10.0. The van der Waals surface area contributed by atoms with Crippen molar-refractivity contribution in [1.82, 2.24) is 0 Å². The molecule has 1 unspecified atom stereocenters. The Labute approximate surface area is 436 Å². The number of ether oxygens (including phenoxy) is 3. The Bertz CT molecular complexity index is 1200. The Balaban J connectivity index is 4.24. The van der Waals surface area contributed by atoms with E-state index in [1.165, 1.54) is 205 Å². The zero-order chi connectivity index (χ0) is 50.6. The van der Waals surface area contributed by atoms with E-state index in [1.54, 1.807) is 0 Å². The smallest absolute Gasteiger partial charge is 0.306 e. The molecule has 0 N–H and O–H groups in total. The van der Waals surface area contributed by atoms with E-state index in [-0.39, 0.29) is 25.2 Å². The van der Waals surface area contributed by atoms with Crippen LogP contribution in [-0.2, 0) is 23.8 Å². The Kier molecular flexibility index (Phi) is 58.8. The van der Waals surface area contributed by atoms with Gasteiger partial charge < -0.3 is 14.2 Å². The molecule has 0 bridgehead atoms. The summed E-state index contributed by atoms with van der Waals surface area (Å²) in [6, 6.07) is 0. The molecule has 0 aliphatic rings. The number of unbranched alkanes of at least 4 members (excludes halogenated alkanes) is 36. The van der Waals surface area contributed by atoms with Crippen LogP contribution in [0.5, 0.6) is 0 Å². The first-order chi connectivity index (χ1) is 34.6. The predicted molar refractivity (Wildman–Crippen MR) is 307 cm³/mol. The van der Waals surface area contributed by atoms with E-state index >= 15 is 0 Å². The molecule has 0 amide bonds. The molecule has 408 valence electrons. The van der Waals surface area contributed by atoms with Crippen LogP contribution >= 0.6 is 0 Å². The maximum absolute atomic E-state index is 12.9. The lowest BCUT2D eigenvalue weighted by molar-refractivity contribution is -0.163. The van der Waals surface area contributed by atoms with Crippen LogP contribution in [0.1, 0.15) is 316 Å². The molecule has 0 aliphatic carbocycles. The second kappa shape index (κ2) is 60.9. The van der Waals surface area contributed by atoms with Crippen molar-refractivity contribution < 1.29 is 23.8 Å². The highest BCUT2D eigenvalue weighted by Gasteiger charge is 2.17. The van der Waals surface area contributed by atoms with Crippen LogP contribution in [0, 0.1) is 0 Å². The molecule has 0 rings (SSSR count). The van der Waals surface area contributed by atoms with Crippen LogP contribution in [0.15, 0.2) is 60.8 Å². The molecule has 0 saturated carbocycles. The minimum absolute atomic E-state index is 0.0798. The number of allylic oxidation sites excluding steroid dienone is 10. The Morgan fingerprint density at radius 2 is 0.643 bits per heavy atom. The first kappa shape index (κ1) is 67.6. The zero-order valence-corrected chi connectivity index (χ0v) is 47.0. The van der Waals surface area contributed by atoms with Crippen LogP contribution in [0.2, 0.25) is 0 Å². The second-order valence-corrected chi connectivity index (χ2v) is 20.6. The van der Waals surface area contributed by atoms with Gasteiger partial charge >= 0.3 is 11.9 Å². The van der Waals surface area contributed by atoms with Crippen molar-refractivity contribution in [3.05, 3.63) is 60.8 Å². The van der Waals surface area contributed by atoms with Gasteiger partial charge in [-0.2, -0.15) is 0 Å². The molecule has 0 fully saturated rings. The molecular weight excluding hydrogens is 861 g/mol. The summed E-state index contributed by atoms with van der Waals surface area (Å²) in [7, 11) is 0. The van der Waals surface area contributed by atoms with Crippen molar-refractivity contribution in [3.8, 4) is 0 Å². The van der Waals surface area contributed by atoms with Crippen molar-refractivity contribution in [2.24, 2.45) is 0 Å². The van der Waals surface area contributed by atoms with Gasteiger partial charge in [-0.3, -0.25) is 9.59 Å². The van der Waals surface area contributed by atoms with Crippen molar-refractivity contribution in [2.75, 3.05) is 19.8 Å². The van der Waals surface area contributed by atoms with E-state index in [0.29, 0.717) is 19.4 Å². The number of carbonyl (C=O) groups excluding carboxylic acids is 2. The molecule has 0 aromatic carbocycles. The third-order valence-electron chi connectivity index (χ3n) is 13.5. The number of hydrogen-bond acceptors (Lipinski definition) is 5. The molecular formula is C65H118O5. The van der Waals surface area contributed by atoms with Crippen LogP contribution in [0.4, 0.5) is 0 Å². The average molecular weight is 980 g/mol. The summed E-state index contributed by atoms with van der Waals surface area (Å²) >= 11 is 0. The molecule has 1 atom stereocenters. The summed E-state index contributed by atoms with van der Waals surface area (Å²) in [5.41, 5.74) is 0. The van der Waals surface area contributed by atoms with Gasteiger partial charge in [-0.25, -0.2) is 0 Å². The molecule has 0 spiro atoms. The molecule has 0 radical (unpaired) electrons.